The molecule has 2 rings (SSSR count). The first kappa shape index (κ1) is 19.4. The van der Waals surface area contributed by atoms with E-state index < -0.39 is 29.5 Å². The van der Waals surface area contributed by atoms with Crippen LogP contribution in [0.1, 0.15) is 25.7 Å². The van der Waals surface area contributed by atoms with Crippen LogP contribution in [0.15, 0.2) is 24.3 Å². The molecule has 2 aliphatic rings. The van der Waals surface area contributed by atoms with E-state index >= 15 is 0 Å². The molecule has 0 amide bonds. The molecule has 0 aromatic heterocycles. The summed E-state index contributed by atoms with van der Waals surface area (Å²) < 4.78 is 27.1. The fraction of sp³-hybridized carbons (Fsp3) is 0.706. The van der Waals surface area contributed by atoms with Gasteiger partial charge in [0.25, 0.3) is 0 Å². The van der Waals surface area contributed by atoms with Crippen molar-refractivity contribution in [3.05, 3.63) is 24.3 Å². The number of rotatable bonds is 7. The van der Waals surface area contributed by atoms with Gasteiger partial charge in [0.05, 0.1) is 5.75 Å². The molecule has 0 unspecified atom stereocenters. The molecule has 1 N–H and O–H groups in total. The van der Waals surface area contributed by atoms with E-state index in [9.17, 15) is 18.3 Å². The van der Waals surface area contributed by atoms with Gasteiger partial charge in [0.15, 0.2) is 0 Å². The molecule has 5 nitrogen and oxygen atoms in total. The first-order chi connectivity index (χ1) is 11.1. The van der Waals surface area contributed by atoms with Crippen LogP contribution in [-0.2, 0) is 14.8 Å². The third-order valence-corrected chi connectivity index (χ3v) is 8.89. The fourth-order valence-electron chi connectivity index (χ4n) is 3.38. The van der Waals surface area contributed by atoms with Crippen molar-refractivity contribution in [3.8, 4) is 0 Å². The van der Waals surface area contributed by atoms with Crippen molar-refractivity contribution < 1.29 is 18.3 Å². The van der Waals surface area contributed by atoms with E-state index in [1.807, 2.05) is 12.2 Å². The Morgan fingerprint density at radius 1 is 1.29 bits per heavy atom. The zero-order valence-corrected chi connectivity index (χ0v) is 16.7. The minimum atomic E-state index is -3.32. The van der Waals surface area contributed by atoms with E-state index in [0.29, 0.717) is 13.0 Å². The minimum Gasteiger partial charge on any atom is -0.480 e. The number of hydrogen-bond acceptors (Lipinski definition) is 3. The first-order valence-corrected chi connectivity index (χ1v) is 14.0. The second kappa shape index (κ2) is 7.13. The molecule has 1 heterocycles. The average molecular weight is 372 g/mol. The molecule has 1 saturated heterocycles. The summed E-state index contributed by atoms with van der Waals surface area (Å²) in [6, 6.07) is 0.516. The Balaban J connectivity index is 2.15. The summed E-state index contributed by atoms with van der Waals surface area (Å²) in [5, 5.41) is 9.68. The van der Waals surface area contributed by atoms with Crippen molar-refractivity contribution in [3.63, 3.8) is 0 Å². The normalized spacial score (nSPS) is 24.4. The zero-order chi connectivity index (χ0) is 18.0. The van der Waals surface area contributed by atoms with Gasteiger partial charge in [0, 0.05) is 20.7 Å². The van der Waals surface area contributed by atoms with E-state index in [1.54, 1.807) is 16.5 Å². The highest BCUT2D eigenvalue weighted by Gasteiger charge is 2.42. The molecular formula is C17H29NO4SSi. The van der Waals surface area contributed by atoms with Gasteiger partial charge < -0.3 is 5.11 Å². The first-order valence-electron chi connectivity index (χ1n) is 8.64. The summed E-state index contributed by atoms with van der Waals surface area (Å²) in [4.78, 5) is 11.8. The summed E-state index contributed by atoms with van der Waals surface area (Å²) >= 11 is 0. The molecule has 24 heavy (non-hydrogen) atoms. The fourth-order valence-corrected chi connectivity index (χ4v) is 8.14. The van der Waals surface area contributed by atoms with E-state index in [1.165, 1.54) is 0 Å². The number of sulfonamides is 1. The molecule has 0 bridgehead atoms. The Hall–Kier alpha value is -0.923. The maximum atomic E-state index is 12.8. The lowest BCUT2D eigenvalue weighted by molar-refractivity contribution is -0.144. The SMILES string of the molecule is C[Si](C)(C)CCS(=O)(=O)N1CCC[C@H]1CC1(C(=O)O)C=CCC=C1. The molecular weight excluding hydrogens is 342 g/mol. The van der Waals surface area contributed by atoms with Crippen LogP contribution in [0.2, 0.25) is 25.7 Å². The van der Waals surface area contributed by atoms with Crippen molar-refractivity contribution in [1.82, 2.24) is 4.31 Å². The van der Waals surface area contributed by atoms with Crippen molar-refractivity contribution in [2.24, 2.45) is 5.41 Å². The van der Waals surface area contributed by atoms with Gasteiger partial charge in [-0.1, -0.05) is 43.9 Å². The highest BCUT2D eigenvalue weighted by molar-refractivity contribution is 7.89. The number of hydrogen-bond donors (Lipinski definition) is 1. The van der Waals surface area contributed by atoms with Crippen molar-refractivity contribution in [2.45, 2.75) is 57.4 Å². The topological polar surface area (TPSA) is 74.7 Å². The molecule has 0 saturated carbocycles. The monoisotopic (exact) mass is 371 g/mol. The average Bonchev–Trinajstić information content (AvgIpc) is 2.94. The van der Waals surface area contributed by atoms with Gasteiger partial charge in [0.1, 0.15) is 5.41 Å². The molecule has 0 spiro atoms. The number of allylic oxidation sites excluding steroid dienone is 2. The second-order valence-corrected chi connectivity index (χ2v) is 15.8. The molecule has 1 atom stereocenters. The van der Waals surface area contributed by atoms with E-state index in [-0.39, 0.29) is 11.8 Å². The van der Waals surface area contributed by atoms with Crippen LogP contribution in [0.25, 0.3) is 0 Å². The molecule has 0 aromatic rings. The predicted octanol–water partition coefficient (Wildman–Crippen LogP) is 3.10. The number of carboxylic acid groups (broad SMARTS) is 1. The molecule has 1 aliphatic heterocycles. The van der Waals surface area contributed by atoms with Crippen LogP contribution < -0.4 is 0 Å². The number of carboxylic acids is 1. The van der Waals surface area contributed by atoms with Gasteiger partial charge in [-0.2, -0.15) is 4.31 Å². The smallest absolute Gasteiger partial charge is 0.317 e. The Kier molecular flexibility index (Phi) is 5.77. The number of carbonyl (C=O) groups is 1. The van der Waals surface area contributed by atoms with Gasteiger partial charge in [-0.25, -0.2) is 8.42 Å². The van der Waals surface area contributed by atoms with Gasteiger partial charge in [-0.15, -0.1) is 0 Å². The zero-order valence-electron chi connectivity index (χ0n) is 14.9. The minimum absolute atomic E-state index is 0.185. The van der Waals surface area contributed by atoms with E-state index in [2.05, 4.69) is 19.6 Å². The third-order valence-electron chi connectivity index (χ3n) is 4.86. The lowest BCUT2D eigenvalue weighted by Gasteiger charge is -2.32. The Morgan fingerprint density at radius 2 is 1.92 bits per heavy atom. The largest absolute Gasteiger partial charge is 0.480 e. The lowest BCUT2D eigenvalue weighted by atomic mass is 9.78. The van der Waals surface area contributed by atoms with Gasteiger partial charge >= 0.3 is 5.97 Å². The van der Waals surface area contributed by atoms with Gasteiger partial charge in [-0.05, 0) is 31.7 Å². The van der Waals surface area contributed by atoms with Crippen molar-refractivity contribution in [1.29, 1.82) is 0 Å². The quantitative estimate of drug-likeness (QED) is 0.551. The van der Waals surface area contributed by atoms with Crippen LogP contribution >= 0.6 is 0 Å². The molecule has 136 valence electrons. The third kappa shape index (κ3) is 4.58. The predicted molar refractivity (Wildman–Crippen MR) is 99.3 cm³/mol. The van der Waals surface area contributed by atoms with Gasteiger partial charge in [0.2, 0.25) is 10.0 Å². The Morgan fingerprint density at radius 3 is 2.46 bits per heavy atom. The van der Waals surface area contributed by atoms with E-state index in [4.69, 9.17) is 0 Å². The molecule has 1 aliphatic carbocycles. The summed E-state index contributed by atoms with van der Waals surface area (Å²) in [6.45, 7) is 7.02. The highest BCUT2D eigenvalue weighted by Crippen LogP contribution is 2.37. The summed E-state index contributed by atoms with van der Waals surface area (Å²) in [7, 11) is -4.76. The summed E-state index contributed by atoms with van der Waals surface area (Å²) in [5.41, 5.74) is -1.07. The van der Waals surface area contributed by atoms with Crippen LogP contribution in [0.3, 0.4) is 0 Å². The maximum Gasteiger partial charge on any atom is 0.317 e. The summed E-state index contributed by atoms with van der Waals surface area (Å²) in [5.74, 6) is -0.716. The Bertz CT molecular complexity index is 621. The summed E-state index contributed by atoms with van der Waals surface area (Å²) in [6.07, 6.45) is 9.75. The number of aliphatic carboxylic acids is 1. The number of nitrogens with zero attached hydrogens (tertiary/aromatic N) is 1. The highest BCUT2D eigenvalue weighted by atomic mass is 32.2. The molecule has 0 radical (unpaired) electrons. The van der Waals surface area contributed by atoms with E-state index in [0.717, 1.165) is 25.3 Å². The van der Waals surface area contributed by atoms with Crippen LogP contribution in [-0.4, -0.2) is 50.2 Å². The van der Waals surface area contributed by atoms with Crippen LogP contribution in [0.4, 0.5) is 0 Å². The van der Waals surface area contributed by atoms with Crippen molar-refractivity contribution in [2.75, 3.05) is 12.3 Å². The van der Waals surface area contributed by atoms with Gasteiger partial charge in [-0.3, -0.25) is 4.79 Å². The molecule has 1 fully saturated rings. The van der Waals surface area contributed by atoms with Crippen LogP contribution in [0, 0.1) is 5.41 Å². The van der Waals surface area contributed by atoms with Crippen molar-refractivity contribution >= 4 is 24.1 Å². The van der Waals surface area contributed by atoms with Crippen LogP contribution in [0.5, 0.6) is 0 Å². The standard InChI is InChI=1S/C17H29NO4SSi/c1-24(2,3)13-12-23(21,22)18-11-7-8-15(18)14-17(16(19)20)9-5-4-6-10-17/h5-6,9-10,15H,4,7-8,11-14H2,1-3H3,(H,19,20)/t15-/m0/s1. The maximum absolute atomic E-state index is 12.8. The molecule has 0 aromatic carbocycles. The Labute approximate surface area is 146 Å². The second-order valence-electron chi connectivity index (χ2n) is 8.12. The molecule has 7 heteroatoms. The lowest BCUT2D eigenvalue weighted by Crippen LogP contribution is -2.42.